The van der Waals surface area contributed by atoms with Gasteiger partial charge in [0.1, 0.15) is 11.9 Å². The topological polar surface area (TPSA) is 47.4 Å². The summed E-state index contributed by atoms with van der Waals surface area (Å²) < 4.78 is 7.28. The fourth-order valence-corrected chi connectivity index (χ4v) is 2.71. The van der Waals surface area contributed by atoms with Crippen molar-refractivity contribution < 1.29 is 9.53 Å². The number of hydrogen-bond donors (Lipinski definition) is 0. The summed E-state index contributed by atoms with van der Waals surface area (Å²) in [5.41, 5.74) is 2.34. The van der Waals surface area contributed by atoms with Crippen LogP contribution in [0.2, 0.25) is 0 Å². The highest BCUT2D eigenvalue weighted by Crippen LogP contribution is 2.22. The Morgan fingerprint density at radius 2 is 2.18 bits per heavy atom. The van der Waals surface area contributed by atoms with E-state index in [1.807, 2.05) is 6.92 Å². The average Bonchev–Trinajstić information content (AvgIpc) is 2.84. The summed E-state index contributed by atoms with van der Waals surface area (Å²) in [5.74, 6) is 1.00. The second-order valence-electron chi connectivity index (χ2n) is 4.79. The molecule has 1 saturated heterocycles. The highest BCUT2D eigenvalue weighted by molar-refractivity contribution is 5.77. The number of aryl methyl sites for hydroxylation is 1. The van der Waals surface area contributed by atoms with E-state index in [-0.39, 0.29) is 12.0 Å². The number of hydrogen-bond acceptors (Lipinski definition) is 4. The Morgan fingerprint density at radius 3 is 2.88 bits per heavy atom. The van der Waals surface area contributed by atoms with Crippen LogP contribution in [0, 0.1) is 13.8 Å². The van der Waals surface area contributed by atoms with E-state index in [4.69, 9.17) is 4.74 Å². The predicted molar refractivity (Wildman–Crippen MR) is 61.5 cm³/mol. The number of nitrogens with zero attached hydrogens (tertiary/aromatic N) is 3. The zero-order valence-electron chi connectivity index (χ0n) is 10.3. The van der Waals surface area contributed by atoms with Gasteiger partial charge >= 0.3 is 5.97 Å². The van der Waals surface area contributed by atoms with E-state index in [2.05, 4.69) is 21.4 Å². The second-order valence-corrected chi connectivity index (χ2v) is 4.79. The molecule has 92 valence electrons. The highest BCUT2D eigenvalue weighted by Gasteiger charge is 2.34. The van der Waals surface area contributed by atoms with Gasteiger partial charge in [-0.15, -0.1) is 0 Å². The van der Waals surface area contributed by atoms with Crippen molar-refractivity contribution in [1.29, 1.82) is 0 Å². The Balaban J connectivity index is 1.83. The van der Waals surface area contributed by atoms with Crippen LogP contribution in [0.4, 0.5) is 0 Å². The molecule has 0 N–H and O–H groups in total. The van der Waals surface area contributed by atoms with Crippen LogP contribution in [-0.4, -0.2) is 39.6 Å². The van der Waals surface area contributed by atoms with Crippen molar-refractivity contribution in [3.8, 4) is 0 Å². The number of carbonyl (C=O) groups excluding carboxylic acids is 1. The van der Waals surface area contributed by atoms with Gasteiger partial charge in [0.25, 0.3) is 0 Å². The molecule has 0 aromatic carbocycles. The number of ether oxygens (including phenoxy) is 1. The van der Waals surface area contributed by atoms with Gasteiger partial charge < -0.3 is 9.30 Å². The normalized spacial score (nSPS) is 24.8. The molecule has 0 spiro atoms. The zero-order valence-corrected chi connectivity index (χ0v) is 10.3. The van der Waals surface area contributed by atoms with Crippen molar-refractivity contribution in [2.24, 2.45) is 0 Å². The Morgan fingerprint density at radius 1 is 1.35 bits per heavy atom. The predicted octanol–water partition coefficient (Wildman–Crippen LogP) is 0.631. The minimum absolute atomic E-state index is 0.0546. The molecule has 17 heavy (non-hydrogen) atoms. The summed E-state index contributed by atoms with van der Waals surface area (Å²) >= 11 is 0. The molecule has 1 aromatic rings. The molecule has 5 heteroatoms. The monoisotopic (exact) mass is 235 g/mol. The molecule has 0 bridgehead atoms. The van der Waals surface area contributed by atoms with E-state index in [0.29, 0.717) is 6.61 Å². The smallest absolute Gasteiger partial charge is 0.323 e. The van der Waals surface area contributed by atoms with Gasteiger partial charge in [-0.3, -0.25) is 9.69 Å². The van der Waals surface area contributed by atoms with Gasteiger partial charge in [-0.05, 0) is 13.8 Å². The maximum atomic E-state index is 11.6. The summed E-state index contributed by atoms with van der Waals surface area (Å²) in [7, 11) is 0. The molecule has 1 atom stereocenters. The Kier molecular flexibility index (Phi) is 2.43. The molecule has 1 fully saturated rings. The SMILES string of the molecule is Cc1nc2n(c1C)CCN(C1CCOC1=O)C2. The Bertz CT molecular complexity index is 467. The summed E-state index contributed by atoms with van der Waals surface area (Å²) in [6.45, 7) is 7.29. The van der Waals surface area contributed by atoms with Crippen molar-refractivity contribution in [2.75, 3.05) is 13.2 Å². The van der Waals surface area contributed by atoms with Crippen molar-refractivity contribution in [3.63, 3.8) is 0 Å². The van der Waals surface area contributed by atoms with Crippen LogP contribution < -0.4 is 0 Å². The minimum atomic E-state index is -0.0709. The summed E-state index contributed by atoms with van der Waals surface area (Å²) in [6, 6.07) is -0.0546. The lowest BCUT2D eigenvalue weighted by Crippen LogP contribution is -2.43. The third-order valence-corrected chi connectivity index (χ3v) is 3.84. The van der Waals surface area contributed by atoms with Gasteiger partial charge in [0.2, 0.25) is 0 Å². The van der Waals surface area contributed by atoms with E-state index in [0.717, 1.165) is 37.6 Å². The van der Waals surface area contributed by atoms with Gasteiger partial charge in [-0.25, -0.2) is 4.98 Å². The third kappa shape index (κ3) is 1.65. The molecule has 0 aliphatic carbocycles. The van der Waals surface area contributed by atoms with Gasteiger partial charge in [-0.1, -0.05) is 0 Å². The third-order valence-electron chi connectivity index (χ3n) is 3.84. The average molecular weight is 235 g/mol. The Labute approximate surface area is 100 Å². The number of carbonyl (C=O) groups is 1. The highest BCUT2D eigenvalue weighted by atomic mass is 16.5. The maximum absolute atomic E-state index is 11.6. The van der Waals surface area contributed by atoms with E-state index >= 15 is 0 Å². The molecular weight excluding hydrogens is 218 g/mol. The van der Waals surface area contributed by atoms with Crippen LogP contribution in [0.3, 0.4) is 0 Å². The number of cyclic esters (lactones) is 1. The number of aromatic nitrogens is 2. The molecule has 0 radical (unpaired) electrons. The first-order chi connectivity index (χ1) is 8.16. The van der Waals surface area contributed by atoms with Crippen LogP contribution in [0.25, 0.3) is 0 Å². The number of rotatable bonds is 1. The molecule has 1 aromatic heterocycles. The molecule has 3 heterocycles. The molecular formula is C12H17N3O2. The largest absolute Gasteiger partial charge is 0.464 e. The van der Waals surface area contributed by atoms with Gasteiger partial charge in [0, 0.05) is 25.2 Å². The van der Waals surface area contributed by atoms with Crippen LogP contribution >= 0.6 is 0 Å². The lowest BCUT2D eigenvalue weighted by Gasteiger charge is -2.30. The lowest BCUT2D eigenvalue weighted by atomic mass is 10.2. The van der Waals surface area contributed by atoms with Gasteiger partial charge in [0.05, 0.1) is 18.8 Å². The molecule has 1 unspecified atom stereocenters. The van der Waals surface area contributed by atoms with Crippen LogP contribution in [0.15, 0.2) is 0 Å². The molecule has 2 aliphatic rings. The minimum Gasteiger partial charge on any atom is -0.464 e. The first-order valence-electron chi connectivity index (χ1n) is 6.10. The van der Waals surface area contributed by atoms with Gasteiger partial charge in [-0.2, -0.15) is 0 Å². The lowest BCUT2D eigenvalue weighted by molar-refractivity contribution is -0.142. The Hall–Kier alpha value is -1.36. The maximum Gasteiger partial charge on any atom is 0.323 e. The van der Waals surface area contributed by atoms with E-state index < -0.39 is 0 Å². The second kappa shape index (κ2) is 3.84. The molecule has 0 amide bonds. The quantitative estimate of drug-likeness (QED) is 0.670. The van der Waals surface area contributed by atoms with E-state index in [9.17, 15) is 4.79 Å². The molecule has 5 nitrogen and oxygen atoms in total. The van der Waals surface area contributed by atoms with Crippen molar-refractivity contribution in [2.45, 2.75) is 39.4 Å². The van der Waals surface area contributed by atoms with Crippen molar-refractivity contribution >= 4 is 5.97 Å². The van der Waals surface area contributed by atoms with Crippen LogP contribution in [-0.2, 0) is 22.6 Å². The van der Waals surface area contributed by atoms with E-state index in [1.54, 1.807) is 0 Å². The fourth-order valence-electron chi connectivity index (χ4n) is 2.71. The van der Waals surface area contributed by atoms with E-state index in [1.165, 1.54) is 5.69 Å². The van der Waals surface area contributed by atoms with Crippen LogP contribution in [0.5, 0.6) is 0 Å². The van der Waals surface area contributed by atoms with Crippen molar-refractivity contribution in [3.05, 3.63) is 17.2 Å². The van der Waals surface area contributed by atoms with Crippen molar-refractivity contribution in [1.82, 2.24) is 14.5 Å². The summed E-state index contributed by atoms with van der Waals surface area (Å²) in [6.07, 6.45) is 0.817. The molecule has 3 rings (SSSR count). The first-order valence-corrected chi connectivity index (χ1v) is 6.10. The number of esters is 1. The van der Waals surface area contributed by atoms with Gasteiger partial charge in [0.15, 0.2) is 0 Å². The number of imidazole rings is 1. The zero-order chi connectivity index (χ0) is 12.0. The molecule has 0 saturated carbocycles. The molecule has 2 aliphatic heterocycles. The van der Waals surface area contributed by atoms with Crippen LogP contribution in [0.1, 0.15) is 23.6 Å². The summed E-state index contributed by atoms with van der Waals surface area (Å²) in [4.78, 5) is 18.3. The summed E-state index contributed by atoms with van der Waals surface area (Å²) in [5, 5.41) is 0. The fraction of sp³-hybridized carbons (Fsp3) is 0.667. The number of fused-ring (bicyclic) bond motifs is 1. The standard InChI is InChI=1S/C12H17N3O2/c1-8-9(2)15-5-4-14(7-11(15)13-8)10-3-6-17-12(10)16/h10H,3-7H2,1-2H3. The first kappa shape index (κ1) is 10.8.